The van der Waals surface area contributed by atoms with E-state index in [1.165, 1.54) is 12.5 Å². The molecule has 0 saturated carbocycles. The molecule has 1 aliphatic rings. The van der Waals surface area contributed by atoms with Crippen LogP contribution in [0, 0.1) is 12.8 Å². The molecule has 1 saturated heterocycles. The quantitative estimate of drug-likeness (QED) is 0.933. The Labute approximate surface area is 133 Å². The molecule has 3 rings (SSSR count). The molecule has 0 aliphatic carbocycles. The minimum absolute atomic E-state index is 0.196. The molecule has 2 unspecified atom stereocenters. The largest absolute Gasteiger partial charge is 0.481 e. The molecule has 0 bridgehead atoms. The standard InChI is InChI=1S/C17H17N3O3/c1-11-13(7-18-10-19-11)16(21)20-8-14(15(9-20)17(22)23)12-5-3-2-4-6-12/h2-7,10,14-15H,8-9H2,1H3,(H,22,23). The average molecular weight is 311 g/mol. The smallest absolute Gasteiger partial charge is 0.308 e. The number of rotatable bonds is 3. The zero-order valence-corrected chi connectivity index (χ0v) is 12.7. The second kappa shape index (κ2) is 6.16. The third kappa shape index (κ3) is 2.92. The lowest BCUT2D eigenvalue weighted by Crippen LogP contribution is -2.30. The molecule has 1 amide bonds. The number of aryl methyl sites for hydroxylation is 1. The number of carbonyl (C=O) groups excluding carboxylic acids is 1. The fourth-order valence-electron chi connectivity index (χ4n) is 3.03. The van der Waals surface area contributed by atoms with Gasteiger partial charge in [-0.1, -0.05) is 30.3 Å². The molecule has 1 N–H and O–H groups in total. The highest BCUT2D eigenvalue weighted by molar-refractivity contribution is 5.95. The van der Waals surface area contributed by atoms with Crippen LogP contribution >= 0.6 is 0 Å². The Bertz CT molecular complexity index is 733. The van der Waals surface area contributed by atoms with Gasteiger partial charge < -0.3 is 10.0 Å². The Hall–Kier alpha value is -2.76. The molecule has 1 aromatic heterocycles. The maximum atomic E-state index is 12.7. The Balaban J connectivity index is 1.87. The molecule has 1 aromatic carbocycles. The van der Waals surface area contributed by atoms with Gasteiger partial charge in [0, 0.05) is 25.2 Å². The van der Waals surface area contributed by atoms with Crippen LogP contribution in [0.4, 0.5) is 0 Å². The summed E-state index contributed by atoms with van der Waals surface area (Å²) in [6, 6.07) is 9.47. The summed E-state index contributed by atoms with van der Waals surface area (Å²) in [6.45, 7) is 2.32. The van der Waals surface area contributed by atoms with Crippen molar-refractivity contribution in [1.29, 1.82) is 0 Å². The predicted molar refractivity (Wildman–Crippen MR) is 83.0 cm³/mol. The van der Waals surface area contributed by atoms with Crippen molar-refractivity contribution in [2.75, 3.05) is 13.1 Å². The van der Waals surface area contributed by atoms with Crippen LogP contribution in [0.25, 0.3) is 0 Å². The zero-order chi connectivity index (χ0) is 16.4. The van der Waals surface area contributed by atoms with E-state index in [-0.39, 0.29) is 18.4 Å². The maximum absolute atomic E-state index is 12.7. The molecular weight excluding hydrogens is 294 g/mol. The van der Waals surface area contributed by atoms with Crippen LogP contribution in [0.1, 0.15) is 27.5 Å². The van der Waals surface area contributed by atoms with Crippen molar-refractivity contribution < 1.29 is 14.7 Å². The highest BCUT2D eigenvalue weighted by Gasteiger charge is 2.40. The van der Waals surface area contributed by atoms with E-state index in [4.69, 9.17) is 0 Å². The molecule has 1 fully saturated rings. The summed E-state index contributed by atoms with van der Waals surface area (Å²) in [5, 5.41) is 9.51. The second-order valence-electron chi connectivity index (χ2n) is 5.69. The summed E-state index contributed by atoms with van der Waals surface area (Å²) in [5.41, 5.74) is 1.96. The monoisotopic (exact) mass is 311 g/mol. The number of carbonyl (C=O) groups is 2. The molecule has 6 heteroatoms. The average Bonchev–Trinajstić information content (AvgIpc) is 3.01. The molecule has 2 aromatic rings. The number of carboxylic acids is 1. The van der Waals surface area contributed by atoms with Gasteiger partial charge in [0.25, 0.3) is 5.91 Å². The summed E-state index contributed by atoms with van der Waals surface area (Å²) in [4.78, 5) is 33.8. The lowest BCUT2D eigenvalue weighted by molar-refractivity contribution is -0.141. The van der Waals surface area contributed by atoms with E-state index in [2.05, 4.69) is 9.97 Å². The molecule has 2 heterocycles. The molecule has 2 atom stereocenters. The van der Waals surface area contributed by atoms with E-state index in [1.54, 1.807) is 11.8 Å². The Morgan fingerprint density at radius 2 is 1.96 bits per heavy atom. The molecule has 6 nitrogen and oxygen atoms in total. The van der Waals surface area contributed by atoms with Gasteiger partial charge in [-0.3, -0.25) is 9.59 Å². The number of likely N-dealkylation sites (tertiary alicyclic amines) is 1. The van der Waals surface area contributed by atoms with E-state index in [0.29, 0.717) is 17.8 Å². The van der Waals surface area contributed by atoms with Crippen LogP contribution in [0.3, 0.4) is 0 Å². The van der Waals surface area contributed by atoms with Gasteiger partial charge in [-0.15, -0.1) is 0 Å². The fourth-order valence-corrected chi connectivity index (χ4v) is 3.03. The van der Waals surface area contributed by atoms with Crippen molar-refractivity contribution in [3.05, 3.63) is 59.7 Å². The topological polar surface area (TPSA) is 83.4 Å². The molecule has 23 heavy (non-hydrogen) atoms. The van der Waals surface area contributed by atoms with Crippen LogP contribution in [0.5, 0.6) is 0 Å². The first-order chi connectivity index (χ1) is 11.1. The number of carboxylic acid groups (broad SMARTS) is 1. The molecule has 118 valence electrons. The molecular formula is C17H17N3O3. The summed E-state index contributed by atoms with van der Waals surface area (Å²) < 4.78 is 0. The van der Waals surface area contributed by atoms with Crippen molar-refractivity contribution in [2.24, 2.45) is 5.92 Å². The van der Waals surface area contributed by atoms with Crippen molar-refractivity contribution in [3.8, 4) is 0 Å². The first kappa shape index (κ1) is 15.1. The van der Waals surface area contributed by atoms with Crippen LogP contribution in [0.15, 0.2) is 42.9 Å². The minimum Gasteiger partial charge on any atom is -0.481 e. The van der Waals surface area contributed by atoms with E-state index in [9.17, 15) is 14.7 Å². The van der Waals surface area contributed by atoms with Crippen LogP contribution in [-0.4, -0.2) is 44.9 Å². The first-order valence-electron chi connectivity index (χ1n) is 7.41. The van der Waals surface area contributed by atoms with Gasteiger partial charge >= 0.3 is 5.97 Å². The highest BCUT2D eigenvalue weighted by atomic mass is 16.4. The van der Waals surface area contributed by atoms with E-state index >= 15 is 0 Å². The third-order valence-corrected chi connectivity index (χ3v) is 4.29. The summed E-state index contributed by atoms with van der Waals surface area (Å²) in [5.74, 6) is -1.91. The molecule has 1 aliphatic heterocycles. The lowest BCUT2D eigenvalue weighted by Gasteiger charge is -2.17. The number of aromatic nitrogens is 2. The number of hydrogen-bond acceptors (Lipinski definition) is 4. The van der Waals surface area contributed by atoms with Gasteiger partial charge in [-0.25, -0.2) is 9.97 Å². The first-order valence-corrected chi connectivity index (χ1v) is 7.41. The summed E-state index contributed by atoms with van der Waals surface area (Å²) in [7, 11) is 0. The van der Waals surface area contributed by atoms with Gasteiger partial charge in [-0.05, 0) is 12.5 Å². The third-order valence-electron chi connectivity index (χ3n) is 4.29. The summed E-state index contributed by atoms with van der Waals surface area (Å²) in [6.07, 6.45) is 2.87. The Kier molecular flexibility index (Phi) is 4.06. The van der Waals surface area contributed by atoms with Crippen molar-refractivity contribution >= 4 is 11.9 Å². The minimum atomic E-state index is -0.879. The lowest BCUT2D eigenvalue weighted by atomic mass is 9.89. The zero-order valence-electron chi connectivity index (χ0n) is 12.7. The van der Waals surface area contributed by atoms with E-state index in [1.807, 2.05) is 30.3 Å². The number of nitrogens with zero attached hydrogens (tertiary/aromatic N) is 3. The number of benzene rings is 1. The van der Waals surface area contributed by atoms with Crippen LogP contribution < -0.4 is 0 Å². The van der Waals surface area contributed by atoms with Crippen molar-refractivity contribution in [2.45, 2.75) is 12.8 Å². The second-order valence-corrected chi connectivity index (χ2v) is 5.69. The SMILES string of the molecule is Cc1ncncc1C(=O)N1CC(C(=O)O)C(c2ccccc2)C1. The van der Waals surface area contributed by atoms with Gasteiger partial charge in [-0.2, -0.15) is 0 Å². The predicted octanol–water partition coefficient (Wildman–Crippen LogP) is 1.73. The number of hydrogen-bond donors (Lipinski definition) is 1. The molecule has 0 spiro atoms. The normalized spacial score (nSPS) is 20.5. The van der Waals surface area contributed by atoms with Crippen molar-refractivity contribution in [3.63, 3.8) is 0 Å². The fraction of sp³-hybridized carbons (Fsp3) is 0.294. The van der Waals surface area contributed by atoms with Crippen LogP contribution in [0.2, 0.25) is 0 Å². The van der Waals surface area contributed by atoms with Gasteiger partial charge in [0.15, 0.2) is 0 Å². The van der Waals surface area contributed by atoms with Gasteiger partial charge in [0.05, 0.1) is 17.2 Å². The van der Waals surface area contributed by atoms with E-state index < -0.39 is 11.9 Å². The number of aliphatic carboxylic acids is 1. The Morgan fingerprint density at radius 1 is 1.22 bits per heavy atom. The highest BCUT2D eigenvalue weighted by Crippen LogP contribution is 2.33. The number of amides is 1. The molecule has 0 radical (unpaired) electrons. The summed E-state index contributed by atoms with van der Waals surface area (Å²) >= 11 is 0. The Morgan fingerprint density at radius 3 is 2.61 bits per heavy atom. The van der Waals surface area contributed by atoms with Gasteiger partial charge in [0.1, 0.15) is 6.33 Å². The van der Waals surface area contributed by atoms with Gasteiger partial charge in [0.2, 0.25) is 0 Å². The van der Waals surface area contributed by atoms with Crippen molar-refractivity contribution in [1.82, 2.24) is 14.9 Å². The maximum Gasteiger partial charge on any atom is 0.308 e. The van der Waals surface area contributed by atoms with E-state index in [0.717, 1.165) is 5.56 Å². The van der Waals surface area contributed by atoms with Crippen LogP contribution in [-0.2, 0) is 4.79 Å².